The van der Waals surface area contributed by atoms with Gasteiger partial charge in [0.25, 0.3) is 5.91 Å². The number of carbonyl (C=O) groups is 2. The van der Waals surface area contributed by atoms with Crippen LogP contribution in [0.5, 0.6) is 0 Å². The van der Waals surface area contributed by atoms with E-state index in [9.17, 15) is 14.0 Å². The highest BCUT2D eigenvalue weighted by Crippen LogP contribution is 2.23. The quantitative estimate of drug-likeness (QED) is 0.817. The molecule has 23 heavy (non-hydrogen) atoms. The molecule has 0 bridgehead atoms. The smallest absolute Gasteiger partial charge is 0.348 e. The zero-order valence-corrected chi connectivity index (χ0v) is 14.2. The van der Waals surface area contributed by atoms with Crippen molar-refractivity contribution >= 4 is 40.5 Å². The summed E-state index contributed by atoms with van der Waals surface area (Å²) in [6.45, 7) is 3.44. The Labute approximate surface area is 142 Å². The lowest BCUT2D eigenvalue weighted by Crippen LogP contribution is -2.21. The predicted octanol–water partition coefficient (Wildman–Crippen LogP) is 4.21. The minimum atomic E-state index is -0.654. The number of rotatable bonds is 5. The number of esters is 1. The van der Waals surface area contributed by atoms with Crippen molar-refractivity contribution < 1.29 is 18.7 Å². The van der Waals surface area contributed by atoms with Gasteiger partial charge in [0.2, 0.25) is 0 Å². The summed E-state index contributed by atoms with van der Waals surface area (Å²) >= 11 is 6.96. The van der Waals surface area contributed by atoms with Gasteiger partial charge in [-0.05, 0) is 43.2 Å². The number of aryl methyl sites for hydroxylation is 2. The number of halogens is 2. The van der Waals surface area contributed by atoms with Gasteiger partial charge in [0, 0.05) is 9.90 Å². The number of carbonyl (C=O) groups excluding carboxylic acids is 2. The second kappa shape index (κ2) is 7.57. The molecule has 0 saturated heterocycles. The summed E-state index contributed by atoms with van der Waals surface area (Å²) in [5.74, 6) is -1.84. The molecule has 4 nitrogen and oxygen atoms in total. The van der Waals surface area contributed by atoms with Crippen LogP contribution in [0.25, 0.3) is 0 Å². The van der Waals surface area contributed by atoms with Crippen LogP contribution < -0.4 is 5.32 Å². The van der Waals surface area contributed by atoms with Crippen LogP contribution in [0, 0.1) is 12.7 Å². The first-order valence-corrected chi connectivity index (χ1v) is 8.11. The number of amides is 1. The molecule has 7 heteroatoms. The van der Waals surface area contributed by atoms with Crippen LogP contribution in [0.15, 0.2) is 24.3 Å². The lowest BCUT2D eigenvalue weighted by Gasteiger charge is -2.07. The van der Waals surface area contributed by atoms with Gasteiger partial charge in [-0.3, -0.25) is 4.79 Å². The molecule has 1 amide bonds. The van der Waals surface area contributed by atoms with Gasteiger partial charge in [-0.1, -0.05) is 18.5 Å². The molecule has 0 fully saturated rings. The van der Waals surface area contributed by atoms with Crippen molar-refractivity contribution in [3.8, 4) is 0 Å². The summed E-state index contributed by atoms with van der Waals surface area (Å²) in [5.41, 5.74) is 1.06. The molecule has 0 aliphatic carbocycles. The maximum Gasteiger partial charge on any atom is 0.348 e. The number of anilines is 1. The molecule has 0 saturated carbocycles. The molecule has 0 aliphatic heterocycles. The van der Waals surface area contributed by atoms with E-state index in [1.54, 1.807) is 6.07 Å². The minimum Gasteiger partial charge on any atom is -0.451 e. The van der Waals surface area contributed by atoms with Crippen LogP contribution in [-0.2, 0) is 16.0 Å². The van der Waals surface area contributed by atoms with Crippen LogP contribution in [-0.4, -0.2) is 18.5 Å². The van der Waals surface area contributed by atoms with Crippen molar-refractivity contribution in [3.05, 3.63) is 50.4 Å². The summed E-state index contributed by atoms with van der Waals surface area (Å²) in [6, 6.07) is 5.64. The molecule has 1 aromatic heterocycles. The van der Waals surface area contributed by atoms with E-state index in [2.05, 4.69) is 5.32 Å². The van der Waals surface area contributed by atoms with Crippen molar-refractivity contribution in [1.82, 2.24) is 0 Å². The van der Waals surface area contributed by atoms with Crippen LogP contribution in [0.2, 0.25) is 5.02 Å². The maximum absolute atomic E-state index is 13.6. The average molecular weight is 356 g/mol. The molecule has 1 heterocycles. The van der Waals surface area contributed by atoms with Gasteiger partial charge in [0.1, 0.15) is 10.7 Å². The van der Waals surface area contributed by atoms with Gasteiger partial charge >= 0.3 is 5.97 Å². The topological polar surface area (TPSA) is 55.4 Å². The third-order valence-corrected chi connectivity index (χ3v) is 4.45. The Morgan fingerprint density at radius 1 is 1.35 bits per heavy atom. The predicted molar refractivity (Wildman–Crippen MR) is 88.8 cm³/mol. The van der Waals surface area contributed by atoms with Crippen LogP contribution in [0.4, 0.5) is 10.1 Å². The Balaban J connectivity index is 1.91. The first kappa shape index (κ1) is 17.4. The fourth-order valence-electron chi connectivity index (χ4n) is 1.95. The lowest BCUT2D eigenvalue weighted by atomic mass is 10.2. The lowest BCUT2D eigenvalue weighted by molar-refractivity contribution is -0.119. The van der Waals surface area contributed by atoms with Crippen LogP contribution in [0.1, 0.15) is 27.0 Å². The number of ether oxygens (including phenoxy) is 1. The van der Waals surface area contributed by atoms with Crippen molar-refractivity contribution in [2.75, 3.05) is 11.9 Å². The summed E-state index contributed by atoms with van der Waals surface area (Å²) in [5, 5.41) is 2.55. The molecule has 2 aromatic rings. The molecule has 122 valence electrons. The molecular weight excluding hydrogens is 341 g/mol. The van der Waals surface area contributed by atoms with Crippen molar-refractivity contribution in [1.29, 1.82) is 0 Å². The van der Waals surface area contributed by atoms with Crippen molar-refractivity contribution in [2.45, 2.75) is 20.3 Å². The van der Waals surface area contributed by atoms with Crippen LogP contribution in [0.3, 0.4) is 0 Å². The summed E-state index contributed by atoms with van der Waals surface area (Å²) < 4.78 is 18.5. The SMILES string of the molecule is CCc1cc(C(=O)OCC(=O)Nc2ccc(Cl)cc2F)sc1C. The molecule has 2 rings (SSSR count). The van der Waals surface area contributed by atoms with E-state index in [1.807, 2.05) is 13.8 Å². The fourth-order valence-corrected chi connectivity index (χ4v) is 3.12. The van der Waals surface area contributed by atoms with Gasteiger partial charge in [-0.15, -0.1) is 11.3 Å². The highest BCUT2D eigenvalue weighted by molar-refractivity contribution is 7.14. The minimum absolute atomic E-state index is 0.0179. The standard InChI is InChI=1S/C16H15ClFNO3S/c1-3-10-6-14(23-9(10)2)16(21)22-8-15(20)19-13-5-4-11(17)7-12(13)18/h4-7H,3,8H2,1-2H3,(H,19,20). The Morgan fingerprint density at radius 3 is 2.70 bits per heavy atom. The normalized spacial score (nSPS) is 10.4. The van der Waals surface area contributed by atoms with E-state index in [-0.39, 0.29) is 10.7 Å². The molecular formula is C16H15ClFNO3S. The summed E-state index contributed by atoms with van der Waals surface area (Å²) in [4.78, 5) is 25.1. The van der Waals surface area contributed by atoms with Crippen molar-refractivity contribution in [3.63, 3.8) is 0 Å². The van der Waals surface area contributed by atoms with E-state index in [1.165, 1.54) is 23.5 Å². The zero-order chi connectivity index (χ0) is 17.0. The number of thiophene rings is 1. The fraction of sp³-hybridized carbons (Fsp3) is 0.250. The van der Waals surface area contributed by atoms with Gasteiger partial charge in [0.15, 0.2) is 6.61 Å². The average Bonchev–Trinajstić information content (AvgIpc) is 2.89. The Hall–Kier alpha value is -1.92. The number of nitrogens with one attached hydrogen (secondary N) is 1. The van der Waals surface area contributed by atoms with E-state index in [0.717, 1.165) is 22.9 Å². The molecule has 0 unspecified atom stereocenters. The molecule has 0 spiro atoms. The number of hydrogen-bond donors (Lipinski definition) is 1. The molecule has 1 N–H and O–H groups in total. The highest BCUT2D eigenvalue weighted by atomic mass is 35.5. The molecule has 0 atom stereocenters. The van der Waals surface area contributed by atoms with E-state index in [4.69, 9.17) is 16.3 Å². The Bertz CT molecular complexity index is 745. The van der Waals surface area contributed by atoms with Gasteiger partial charge in [-0.25, -0.2) is 9.18 Å². The zero-order valence-electron chi connectivity index (χ0n) is 12.6. The van der Waals surface area contributed by atoms with E-state index >= 15 is 0 Å². The monoisotopic (exact) mass is 355 g/mol. The largest absolute Gasteiger partial charge is 0.451 e. The van der Waals surface area contributed by atoms with E-state index in [0.29, 0.717) is 4.88 Å². The van der Waals surface area contributed by atoms with Crippen LogP contribution >= 0.6 is 22.9 Å². The Kier molecular flexibility index (Phi) is 5.74. The van der Waals surface area contributed by atoms with E-state index < -0.39 is 24.3 Å². The Morgan fingerprint density at radius 2 is 2.09 bits per heavy atom. The third-order valence-electron chi connectivity index (χ3n) is 3.14. The maximum atomic E-state index is 13.6. The number of hydrogen-bond acceptors (Lipinski definition) is 4. The highest BCUT2D eigenvalue weighted by Gasteiger charge is 2.15. The number of benzene rings is 1. The van der Waals surface area contributed by atoms with Gasteiger partial charge in [0.05, 0.1) is 5.69 Å². The first-order chi connectivity index (χ1) is 10.9. The molecule has 0 aliphatic rings. The summed E-state index contributed by atoms with van der Waals surface area (Å²) in [7, 11) is 0. The van der Waals surface area contributed by atoms with Crippen molar-refractivity contribution in [2.24, 2.45) is 0 Å². The van der Waals surface area contributed by atoms with Gasteiger partial charge in [-0.2, -0.15) is 0 Å². The third kappa shape index (κ3) is 4.53. The summed E-state index contributed by atoms with van der Waals surface area (Å²) in [6.07, 6.45) is 0.825. The molecule has 0 radical (unpaired) electrons. The molecule has 1 aromatic carbocycles. The first-order valence-electron chi connectivity index (χ1n) is 6.92. The second-order valence-electron chi connectivity index (χ2n) is 4.79. The second-order valence-corrected chi connectivity index (χ2v) is 6.49. The van der Waals surface area contributed by atoms with Gasteiger partial charge < -0.3 is 10.1 Å².